The zero-order valence-corrected chi connectivity index (χ0v) is 17.1. The Bertz CT molecular complexity index is 958. The second kappa shape index (κ2) is 9.48. The molecule has 0 fully saturated rings. The van der Waals surface area contributed by atoms with Crippen molar-refractivity contribution in [1.29, 1.82) is 0 Å². The summed E-state index contributed by atoms with van der Waals surface area (Å²) in [5.41, 5.74) is 0.337. The van der Waals surface area contributed by atoms with Gasteiger partial charge in [0, 0.05) is 23.9 Å². The quantitative estimate of drug-likeness (QED) is 0.473. The lowest BCUT2D eigenvalue weighted by Crippen LogP contribution is -2.32. The molecule has 2 aromatic carbocycles. The van der Waals surface area contributed by atoms with Gasteiger partial charge in [-0.2, -0.15) is 0 Å². The van der Waals surface area contributed by atoms with Crippen LogP contribution in [0.5, 0.6) is 5.75 Å². The summed E-state index contributed by atoms with van der Waals surface area (Å²) in [6, 6.07) is 11.0. The first-order chi connectivity index (χ1) is 13.6. The molecule has 0 bridgehead atoms. The molecule has 0 aliphatic heterocycles. The van der Waals surface area contributed by atoms with Gasteiger partial charge in [-0.25, -0.2) is 13.1 Å². The van der Waals surface area contributed by atoms with Gasteiger partial charge in [-0.1, -0.05) is 6.92 Å². The molecule has 2 N–H and O–H groups in total. The van der Waals surface area contributed by atoms with E-state index in [2.05, 4.69) is 10.0 Å². The van der Waals surface area contributed by atoms with Gasteiger partial charge < -0.3 is 10.1 Å². The summed E-state index contributed by atoms with van der Waals surface area (Å²) in [5.74, 6) is -0.132. The zero-order valence-electron chi connectivity index (χ0n) is 16.3. The van der Waals surface area contributed by atoms with Crippen LogP contribution in [0.25, 0.3) is 0 Å². The number of nitrogens with one attached hydrogen (secondary N) is 2. The van der Waals surface area contributed by atoms with Gasteiger partial charge in [-0.3, -0.25) is 14.9 Å². The van der Waals surface area contributed by atoms with Crippen LogP contribution in [0.4, 0.5) is 11.4 Å². The van der Waals surface area contributed by atoms with Crippen LogP contribution >= 0.6 is 0 Å². The number of carbonyl (C=O) groups excluding carboxylic acids is 1. The molecule has 0 aliphatic rings. The molecule has 0 aliphatic carbocycles. The van der Waals surface area contributed by atoms with Crippen molar-refractivity contribution in [1.82, 2.24) is 4.72 Å². The number of ether oxygens (including phenoxy) is 1. The molecule has 0 aromatic heterocycles. The van der Waals surface area contributed by atoms with Crippen molar-refractivity contribution in [2.24, 2.45) is 0 Å². The number of hydrogen-bond acceptors (Lipinski definition) is 6. The standard InChI is InChI=1S/C19H23N3O6S/c1-4-13(2)21-29(26,27)18-11-5-15(6-12-18)20-19(23)14(3)28-17-9-7-16(8-10-17)22(24)25/h5-14,21H,4H2,1-3H3,(H,20,23). The number of carbonyl (C=O) groups is 1. The van der Waals surface area contributed by atoms with Crippen LogP contribution in [-0.4, -0.2) is 31.4 Å². The van der Waals surface area contributed by atoms with Gasteiger partial charge in [-0.05, 0) is 56.7 Å². The Morgan fingerprint density at radius 3 is 2.21 bits per heavy atom. The van der Waals surface area contributed by atoms with Crippen LogP contribution in [0.3, 0.4) is 0 Å². The number of anilines is 1. The lowest BCUT2D eigenvalue weighted by molar-refractivity contribution is -0.384. The van der Waals surface area contributed by atoms with Crippen molar-refractivity contribution in [2.75, 3.05) is 5.32 Å². The van der Waals surface area contributed by atoms with E-state index in [0.717, 1.165) is 0 Å². The van der Waals surface area contributed by atoms with Crippen LogP contribution in [0.15, 0.2) is 53.4 Å². The normalized spacial score (nSPS) is 13.3. The Morgan fingerprint density at radius 1 is 1.10 bits per heavy atom. The number of nitro benzene ring substituents is 1. The molecule has 0 saturated heterocycles. The molecule has 29 heavy (non-hydrogen) atoms. The van der Waals surface area contributed by atoms with Gasteiger partial charge >= 0.3 is 0 Å². The molecule has 2 atom stereocenters. The van der Waals surface area contributed by atoms with E-state index in [0.29, 0.717) is 17.9 Å². The van der Waals surface area contributed by atoms with Crippen molar-refractivity contribution in [3.63, 3.8) is 0 Å². The maximum atomic E-state index is 12.3. The van der Waals surface area contributed by atoms with Crippen LogP contribution in [0, 0.1) is 10.1 Å². The zero-order chi connectivity index (χ0) is 21.6. The van der Waals surface area contributed by atoms with Gasteiger partial charge in [0.2, 0.25) is 10.0 Å². The molecule has 10 heteroatoms. The largest absolute Gasteiger partial charge is 0.481 e. The van der Waals surface area contributed by atoms with E-state index >= 15 is 0 Å². The van der Waals surface area contributed by atoms with Crippen LogP contribution < -0.4 is 14.8 Å². The number of rotatable bonds is 9. The summed E-state index contributed by atoms with van der Waals surface area (Å²) in [5, 5.41) is 13.3. The molecule has 156 valence electrons. The summed E-state index contributed by atoms with van der Waals surface area (Å²) in [4.78, 5) is 22.5. The first-order valence-electron chi connectivity index (χ1n) is 8.96. The number of nitrogens with zero attached hydrogens (tertiary/aromatic N) is 1. The highest BCUT2D eigenvalue weighted by atomic mass is 32.2. The third kappa shape index (κ3) is 6.26. The third-order valence-corrected chi connectivity index (χ3v) is 5.74. The summed E-state index contributed by atoms with van der Waals surface area (Å²) in [6.07, 6.45) is -0.202. The number of sulfonamides is 1. The summed E-state index contributed by atoms with van der Waals surface area (Å²) in [6.45, 7) is 5.19. The fraction of sp³-hybridized carbons (Fsp3) is 0.316. The predicted octanol–water partition coefficient (Wildman–Crippen LogP) is 3.08. The number of benzene rings is 2. The molecule has 0 spiro atoms. The lowest BCUT2D eigenvalue weighted by Gasteiger charge is -2.15. The molecule has 0 heterocycles. The van der Waals surface area contributed by atoms with Gasteiger partial charge in [-0.15, -0.1) is 0 Å². The number of nitro groups is 1. The third-order valence-electron chi connectivity index (χ3n) is 4.13. The minimum absolute atomic E-state index is 0.0766. The first-order valence-corrected chi connectivity index (χ1v) is 10.4. The van der Waals surface area contributed by atoms with Gasteiger partial charge in [0.25, 0.3) is 11.6 Å². The Labute approximate surface area is 169 Å². The van der Waals surface area contributed by atoms with Crippen LogP contribution in [-0.2, 0) is 14.8 Å². The summed E-state index contributed by atoms with van der Waals surface area (Å²) >= 11 is 0. The monoisotopic (exact) mass is 421 g/mol. The van der Waals surface area contributed by atoms with E-state index in [9.17, 15) is 23.3 Å². The maximum Gasteiger partial charge on any atom is 0.269 e. The second-order valence-electron chi connectivity index (χ2n) is 6.46. The SMILES string of the molecule is CCC(C)NS(=O)(=O)c1ccc(NC(=O)C(C)Oc2ccc([N+](=O)[O-])cc2)cc1. The fourth-order valence-electron chi connectivity index (χ4n) is 2.28. The number of non-ortho nitro benzene ring substituents is 1. The average Bonchev–Trinajstić information content (AvgIpc) is 2.68. The molecule has 2 unspecified atom stereocenters. The molecule has 0 radical (unpaired) electrons. The van der Waals surface area contributed by atoms with E-state index < -0.39 is 27.0 Å². The topological polar surface area (TPSA) is 128 Å². The second-order valence-corrected chi connectivity index (χ2v) is 8.17. The molecular weight excluding hydrogens is 398 g/mol. The van der Waals surface area contributed by atoms with Crippen LogP contribution in [0.2, 0.25) is 0 Å². The summed E-state index contributed by atoms with van der Waals surface area (Å²) in [7, 11) is -3.62. The smallest absolute Gasteiger partial charge is 0.269 e. The van der Waals surface area contributed by atoms with Gasteiger partial charge in [0.05, 0.1) is 9.82 Å². The molecule has 1 amide bonds. The average molecular weight is 421 g/mol. The first kappa shape index (κ1) is 22.3. The Kier molecular flexibility index (Phi) is 7.29. The van der Waals surface area contributed by atoms with E-state index in [4.69, 9.17) is 4.74 Å². The van der Waals surface area contributed by atoms with E-state index in [1.54, 1.807) is 6.92 Å². The Morgan fingerprint density at radius 2 is 1.69 bits per heavy atom. The predicted molar refractivity (Wildman–Crippen MR) is 108 cm³/mol. The van der Waals surface area contributed by atoms with Gasteiger partial charge in [0.1, 0.15) is 5.75 Å². The van der Waals surface area contributed by atoms with Gasteiger partial charge in [0.15, 0.2) is 6.10 Å². The molecule has 2 aromatic rings. The highest BCUT2D eigenvalue weighted by Crippen LogP contribution is 2.19. The maximum absolute atomic E-state index is 12.3. The highest BCUT2D eigenvalue weighted by Gasteiger charge is 2.18. The molecule has 0 saturated carbocycles. The van der Waals surface area contributed by atoms with Crippen molar-refractivity contribution >= 4 is 27.3 Å². The Hall–Kier alpha value is -2.98. The van der Waals surface area contributed by atoms with E-state index in [1.165, 1.54) is 55.5 Å². The highest BCUT2D eigenvalue weighted by molar-refractivity contribution is 7.89. The number of hydrogen-bond donors (Lipinski definition) is 2. The van der Waals surface area contributed by atoms with Crippen molar-refractivity contribution in [3.05, 3.63) is 58.6 Å². The van der Waals surface area contributed by atoms with Crippen molar-refractivity contribution in [3.8, 4) is 5.75 Å². The fourth-order valence-corrected chi connectivity index (χ4v) is 3.61. The van der Waals surface area contributed by atoms with E-state index in [1.807, 2.05) is 6.92 Å². The van der Waals surface area contributed by atoms with Crippen molar-refractivity contribution in [2.45, 2.75) is 44.2 Å². The van der Waals surface area contributed by atoms with Crippen molar-refractivity contribution < 1.29 is 22.9 Å². The summed E-state index contributed by atoms with van der Waals surface area (Å²) < 4.78 is 32.5. The van der Waals surface area contributed by atoms with Crippen LogP contribution in [0.1, 0.15) is 27.2 Å². The Balaban J connectivity index is 1.98. The van der Waals surface area contributed by atoms with E-state index in [-0.39, 0.29) is 16.6 Å². The minimum Gasteiger partial charge on any atom is -0.481 e. The molecular formula is C19H23N3O6S. The lowest BCUT2D eigenvalue weighted by atomic mass is 10.3. The molecule has 9 nitrogen and oxygen atoms in total. The molecule has 2 rings (SSSR count). The minimum atomic E-state index is -3.62. The number of amides is 1.